The van der Waals surface area contributed by atoms with Gasteiger partial charge < -0.3 is 9.84 Å². The number of thiocarbonyl (C=S) groups is 1. The molecule has 108 valence electrons. The minimum atomic E-state index is -1.08. The van der Waals surface area contributed by atoms with Gasteiger partial charge in [0.15, 0.2) is 0 Å². The first-order valence-corrected chi connectivity index (χ1v) is 7.50. The van der Waals surface area contributed by atoms with Crippen molar-refractivity contribution >= 4 is 46.3 Å². The summed E-state index contributed by atoms with van der Waals surface area (Å²) in [6, 6.07) is 5.73. The minimum absolute atomic E-state index is 0.276. The standard InChI is InChI=1S/C14H11NO4S2/c16-12(17)7-15-13(18)11(21-14(15)20)6-8-1-2-10-9(5-8)3-4-19-10/h1-2,5-6H,3-4,7H2,(H,16,17)/b11-6-. The van der Waals surface area contributed by atoms with Gasteiger partial charge in [0.1, 0.15) is 16.6 Å². The summed E-state index contributed by atoms with van der Waals surface area (Å²) >= 11 is 6.18. The van der Waals surface area contributed by atoms with Crippen molar-refractivity contribution in [2.45, 2.75) is 6.42 Å². The molecule has 1 amide bonds. The zero-order valence-electron chi connectivity index (χ0n) is 10.9. The number of fused-ring (bicyclic) bond motifs is 1. The Bertz CT molecular complexity index is 684. The third-order valence-corrected chi connectivity index (χ3v) is 4.56. The van der Waals surface area contributed by atoms with Gasteiger partial charge in [-0.15, -0.1) is 0 Å². The molecule has 1 saturated heterocycles. The number of carbonyl (C=O) groups is 2. The molecule has 2 heterocycles. The maximum Gasteiger partial charge on any atom is 0.323 e. The summed E-state index contributed by atoms with van der Waals surface area (Å²) in [6.45, 7) is 0.277. The summed E-state index contributed by atoms with van der Waals surface area (Å²) in [5.74, 6) is -0.558. The number of carboxylic acids is 1. The predicted molar refractivity (Wildman–Crippen MR) is 83.2 cm³/mol. The molecular weight excluding hydrogens is 310 g/mol. The lowest BCUT2D eigenvalue weighted by molar-refractivity contribution is -0.140. The summed E-state index contributed by atoms with van der Waals surface area (Å²) in [6.07, 6.45) is 2.59. The Kier molecular flexibility index (Phi) is 3.69. The largest absolute Gasteiger partial charge is 0.493 e. The molecular formula is C14H11NO4S2. The van der Waals surface area contributed by atoms with Crippen LogP contribution in [-0.2, 0) is 16.0 Å². The van der Waals surface area contributed by atoms with Crippen molar-refractivity contribution in [3.63, 3.8) is 0 Å². The Balaban J connectivity index is 1.85. The molecule has 0 unspecified atom stereocenters. The van der Waals surface area contributed by atoms with Crippen LogP contribution in [0.25, 0.3) is 6.08 Å². The van der Waals surface area contributed by atoms with Crippen molar-refractivity contribution in [3.05, 3.63) is 34.2 Å². The van der Waals surface area contributed by atoms with Crippen molar-refractivity contribution in [1.82, 2.24) is 4.90 Å². The molecule has 0 saturated carbocycles. The number of hydrogen-bond donors (Lipinski definition) is 1. The lowest BCUT2D eigenvalue weighted by atomic mass is 10.1. The van der Waals surface area contributed by atoms with Gasteiger partial charge >= 0.3 is 5.97 Å². The van der Waals surface area contributed by atoms with Gasteiger partial charge in [-0.25, -0.2) is 0 Å². The summed E-state index contributed by atoms with van der Waals surface area (Å²) in [5.41, 5.74) is 2.00. The monoisotopic (exact) mass is 321 g/mol. The lowest BCUT2D eigenvalue weighted by Crippen LogP contribution is -2.33. The molecule has 3 rings (SSSR count). The highest BCUT2D eigenvalue weighted by atomic mass is 32.2. The number of ether oxygens (including phenoxy) is 1. The molecule has 1 aromatic rings. The van der Waals surface area contributed by atoms with E-state index in [-0.39, 0.29) is 10.2 Å². The van der Waals surface area contributed by atoms with E-state index in [0.717, 1.165) is 40.0 Å². The third kappa shape index (κ3) is 2.79. The SMILES string of the molecule is O=C(O)CN1C(=O)/C(=C/c2ccc3c(c2)CCO3)SC1=S. The number of hydrogen-bond acceptors (Lipinski definition) is 5. The summed E-state index contributed by atoms with van der Waals surface area (Å²) in [7, 11) is 0. The van der Waals surface area contributed by atoms with Gasteiger partial charge in [-0.3, -0.25) is 14.5 Å². The van der Waals surface area contributed by atoms with Crippen molar-refractivity contribution in [2.75, 3.05) is 13.2 Å². The van der Waals surface area contributed by atoms with E-state index in [4.69, 9.17) is 22.1 Å². The fourth-order valence-electron chi connectivity index (χ4n) is 2.22. The van der Waals surface area contributed by atoms with Crippen molar-refractivity contribution in [1.29, 1.82) is 0 Å². The molecule has 1 N–H and O–H groups in total. The van der Waals surface area contributed by atoms with Crippen LogP contribution in [0.4, 0.5) is 0 Å². The molecule has 0 bridgehead atoms. The van der Waals surface area contributed by atoms with Gasteiger partial charge in [-0.1, -0.05) is 30.0 Å². The van der Waals surface area contributed by atoms with Crippen LogP contribution in [0.5, 0.6) is 5.75 Å². The second-order valence-corrected chi connectivity index (χ2v) is 6.30. The number of aliphatic carboxylic acids is 1. The van der Waals surface area contributed by atoms with E-state index in [1.165, 1.54) is 0 Å². The molecule has 0 atom stereocenters. The van der Waals surface area contributed by atoms with Gasteiger partial charge in [0, 0.05) is 6.42 Å². The van der Waals surface area contributed by atoms with E-state index in [1.54, 1.807) is 6.08 Å². The highest BCUT2D eigenvalue weighted by molar-refractivity contribution is 8.26. The maximum atomic E-state index is 12.2. The quantitative estimate of drug-likeness (QED) is 0.677. The van der Waals surface area contributed by atoms with Crippen LogP contribution in [0.2, 0.25) is 0 Å². The Hall–Kier alpha value is -1.86. The van der Waals surface area contributed by atoms with Crippen molar-refractivity contribution in [2.24, 2.45) is 0 Å². The van der Waals surface area contributed by atoms with Crippen molar-refractivity contribution < 1.29 is 19.4 Å². The molecule has 0 radical (unpaired) electrons. The van der Waals surface area contributed by atoms with E-state index in [9.17, 15) is 9.59 Å². The number of thioether (sulfide) groups is 1. The topological polar surface area (TPSA) is 66.8 Å². The molecule has 1 fully saturated rings. The molecule has 2 aliphatic heterocycles. The minimum Gasteiger partial charge on any atom is -0.493 e. The van der Waals surface area contributed by atoms with Gasteiger partial charge in [0.05, 0.1) is 11.5 Å². The van der Waals surface area contributed by atoms with Crippen molar-refractivity contribution in [3.8, 4) is 5.75 Å². The Morgan fingerprint density at radius 3 is 3.10 bits per heavy atom. The lowest BCUT2D eigenvalue weighted by Gasteiger charge is -2.10. The van der Waals surface area contributed by atoms with E-state index < -0.39 is 12.5 Å². The van der Waals surface area contributed by atoms with E-state index in [0.29, 0.717) is 11.5 Å². The van der Waals surface area contributed by atoms with Crippen LogP contribution in [0.1, 0.15) is 11.1 Å². The molecule has 5 nitrogen and oxygen atoms in total. The smallest absolute Gasteiger partial charge is 0.323 e. The normalized spacial score (nSPS) is 19.0. The molecule has 0 aliphatic carbocycles. The number of carboxylic acid groups (broad SMARTS) is 1. The number of nitrogens with zero attached hydrogens (tertiary/aromatic N) is 1. The van der Waals surface area contributed by atoms with Gasteiger partial charge in [0.25, 0.3) is 5.91 Å². The first-order valence-electron chi connectivity index (χ1n) is 6.27. The van der Waals surface area contributed by atoms with Crippen LogP contribution in [-0.4, -0.2) is 39.4 Å². The second-order valence-electron chi connectivity index (χ2n) is 4.63. The average Bonchev–Trinajstić information content (AvgIpc) is 2.98. The molecule has 21 heavy (non-hydrogen) atoms. The summed E-state index contributed by atoms with van der Waals surface area (Å²) in [4.78, 5) is 24.4. The van der Waals surface area contributed by atoms with Crippen LogP contribution >= 0.6 is 24.0 Å². The first kappa shape index (κ1) is 14.1. The molecule has 7 heteroatoms. The maximum absolute atomic E-state index is 12.2. The van der Waals surface area contributed by atoms with Gasteiger partial charge in [0.2, 0.25) is 0 Å². The first-order chi connectivity index (χ1) is 10.0. The van der Waals surface area contributed by atoms with Crippen LogP contribution in [0, 0.1) is 0 Å². The molecule has 1 aromatic carbocycles. The fourth-order valence-corrected chi connectivity index (χ4v) is 3.47. The van der Waals surface area contributed by atoms with Crippen LogP contribution in [0.15, 0.2) is 23.1 Å². The predicted octanol–water partition coefficient (Wildman–Crippen LogP) is 1.91. The zero-order valence-corrected chi connectivity index (χ0v) is 12.5. The van der Waals surface area contributed by atoms with Gasteiger partial charge in [-0.2, -0.15) is 0 Å². The van der Waals surface area contributed by atoms with Crippen LogP contribution < -0.4 is 4.74 Å². The Morgan fingerprint density at radius 2 is 2.33 bits per heavy atom. The van der Waals surface area contributed by atoms with E-state index >= 15 is 0 Å². The molecule has 2 aliphatic rings. The molecule has 0 aromatic heterocycles. The number of benzene rings is 1. The fraction of sp³-hybridized carbons (Fsp3) is 0.214. The Labute approximate surface area is 130 Å². The highest BCUT2D eigenvalue weighted by Gasteiger charge is 2.33. The van der Waals surface area contributed by atoms with Gasteiger partial charge in [-0.05, 0) is 29.3 Å². The number of carbonyl (C=O) groups excluding carboxylic acids is 1. The average molecular weight is 321 g/mol. The van der Waals surface area contributed by atoms with E-state index in [1.807, 2.05) is 18.2 Å². The van der Waals surface area contributed by atoms with Crippen LogP contribution in [0.3, 0.4) is 0 Å². The number of rotatable bonds is 3. The summed E-state index contributed by atoms with van der Waals surface area (Å²) < 4.78 is 5.71. The number of amides is 1. The Morgan fingerprint density at radius 1 is 1.52 bits per heavy atom. The molecule has 0 spiro atoms. The van der Waals surface area contributed by atoms with E-state index in [2.05, 4.69) is 0 Å². The third-order valence-electron chi connectivity index (χ3n) is 3.18. The summed E-state index contributed by atoms with van der Waals surface area (Å²) in [5, 5.41) is 8.80. The second kappa shape index (κ2) is 5.50. The highest BCUT2D eigenvalue weighted by Crippen LogP contribution is 2.33. The zero-order chi connectivity index (χ0) is 15.0.